The number of rotatable bonds is 3. The van der Waals surface area contributed by atoms with Gasteiger partial charge >= 0.3 is 0 Å². The Hall–Kier alpha value is -1.46. The fraction of sp³-hybridized carbons (Fsp3) is 0.182. The van der Waals surface area contributed by atoms with Crippen molar-refractivity contribution in [1.29, 1.82) is 0 Å². The van der Waals surface area contributed by atoms with E-state index in [2.05, 4.69) is 4.98 Å². The number of benzene rings is 1. The van der Waals surface area contributed by atoms with Gasteiger partial charge in [-0.1, -0.05) is 6.07 Å². The van der Waals surface area contributed by atoms with Crippen molar-refractivity contribution in [3.05, 3.63) is 46.2 Å². The van der Waals surface area contributed by atoms with Gasteiger partial charge in [-0.15, -0.1) is 11.3 Å². The molecule has 0 aliphatic carbocycles. The third-order valence-corrected chi connectivity index (χ3v) is 2.83. The SMILES string of the molecule is COc1ccc(C(O)c2cscn2)cc1F. The molecule has 0 spiro atoms. The van der Waals surface area contributed by atoms with Crippen LogP contribution in [0.3, 0.4) is 0 Å². The first-order chi connectivity index (χ1) is 7.72. The molecule has 1 aromatic heterocycles. The van der Waals surface area contributed by atoms with Crippen LogP contribution < -0.4 is 4.74 Å². The fourth-order valence-electron chi connectivity index (χ4n) is 1.38. The van der Waals surface area contributed by atoms with Gasteiger partial charge in [-0.25, -0.2) is 9.37 Å². The lowest BCUT2D eigenvalue weighted by Crippen LogP contribution is -2.01. The second-order valence-corrected chi connectivity index (χ2v) is 3.93. The first kappa shape index (κ1) is 11.0. The molecule has 2 rings (SSSR count). The van der Waals surface area contributed by atoms with Gasteiger partial charge in [-0.3, -0.25) is 0 Å². The predicted octanol–water partition coefficient (Wildman–Crippen LogP) is 2.37. The number of thiazole rings is 1. The highest BCUT2D eigenvalue weighted by atomic mass is 32.1. The number of halogens is 1. The van der Waals surface area contributed by atoms with Crippen LogP contribution in [0.5, 0.6) is 5.75 Å². The number of aliphatic hydroxyl groups is 1. The molecule has 0 amide bonds. The minimum Gasteiger partial charge on any atom is -0.494 e. The van der Waals surface area contributed by atoms with Gasteiger partial charge in [0.1, 0.15) is 6.10 Å². The van der Waals surface area contributed by atoms with E-state index in [4.69, 9.17) is 4.74 Å². The van der Waals surface area contributed by atoms with E-state index in [-0.39, 0.29) is 5.75 Å². The van der Waals surface area contributed by atoms with E-state index in [1.54, 1.807) is 17.0 Å². The highest BCUT2D eigenvalue weighted by molar-refractivity contribution is 7.07. The van der Waals surface area contributed by atoms with E-state index in [1.165, 1.54) is 30.6 Å². The Balaban J connectivity index is 2.31. The lowest BCUT2D eigenvalue weighted by molar-refractivity contribution is 0.215. The summed E-state index contributed by atoms with van der Waals surface area (Å²) in [6.45, 7) is 0. The summed E-state index contributed by atoms with van der Waals surface area (Å²) >= 11 is 1.38. The molecule has 1 atom stereocenters. The maximum atomic E-state index is 13.4. The average molecular weight is 239 g/mol. The molecule has 0 fully saturated rings. The van der Waals surface area contributed by atoms with Crippen molar-refractivity contribution in [2.24, 2.45) is 0 Å². The quantitative estimate of drug-likeness (QED) is 0.894. The Morgan fingerprint density at radius 2 is 2.31 bits per heavy atom. The van der Waals surface area contributed by atoms with Crippen LogP contribution in [0.2, 0.25) is 0 Å². The van der Waals surface area contributed by atoms with Crippen LogP contribution in [0.15, 0.2) is 29.1 Å². The first-order valence-electron chi connectivity index (χ1n) is 4.62. The average Bonchev–Trinajstić information content (AvgIpc) is 2.81. The Bertz CT molecular complexity index is 473. The standard InChI is InChI=1S/C11H10FNO2S/c1-15-10-3-2-7(4-8(10)12)11(14)9-5-16-6-13-9/h2-6,11,14H,1H3. The topological polar surface area (TPSA) is 42.4 Å². The predicted molar refractivity (Wildman–Crippen MR) is 59.1 cm³/mol. The van der Waals surface area contributed by atoms with Gasteiger partial charge < -0.3 is 9.84 Å². The maximum Gasteiger partial charge on any atom is 0.165 e. The van der Waals surface area contributed by atoms with Crippen molar-refractivity contribution in [3.8, 4) is 5.75 Å². The number of hydrogen-bond donors (Lipinski definition) is 1. The summed E-state index contributed by atoms with van der Waals surface area (Å²) in [5, 5.41) is 11.6. The highest BCUT2D eigenvalue weighted by Gasteiger charge is 2.14. The summed E-state index contributed by atoms with van der Waals surface area (Å²) in [7, 11) is 1.40. The Morgan fingerprint density at radius 1 is 1.50 bits per heavy atom. The lowest BCUT2D eigenvalue weighted by Gasteiger charge is -2.09. The highest BCUT2D eigenvalue weighted by Crippen LogP contribution is 2.25. The molecule has 0 radical (unpaired) electrons. The summed E-state index contributed by atoms with van der Waals surface area (Å²) in [5.74, 6) is -0.330. The summed E-state index contributed by atoms with van der Waals surface area (Å²) in [6, 6.07) is 4.36. The van der Waals surface area contributed by atoms with Gasteiger partial charge in [0.2, 0.25) is 0 Å². The molecular weight excluding hydrogens is 229 g/mol. The van der Waals surface area contributed by atoms with Crippen molar-refractivity contribution in [3.63, 3.8) is 0 Å². The molecule has 0 aliphatic heterocycles. The zero-order valence-corrected chi connectivity index (χ0v) is 9.37. The maximum absolute atomic E-state index is 13.4. The number of nitrogens with zero attached hydrogens (tertiary/aromatic N) is 1. The van der Waals surface area contributed by atoms with E-state index in [9.17, 15) is 9.50 Å². The summed E-state index contributed by atoms with van der Waals surface area (Å²) < 4.78 is 18.2. The lowest BCUT2D eigenvalue weighted by atomic mass is 10.1. The zero-order chi connectivity index (χ0) is 11.5. The summed E-state index contributed by atoms with van der Waals surface area (Å²) in [6.07, 6.45) is -0.897. The first-order valence-corrected chi connectivity index (χ1v) is 5.56. The second kappa shape index (κ2) is 4.59. The third kappa shape index (κ3) is 2.05. The van der Waals surface area contributed by atoms with Crippen LogP contribution in [-0.2, 0) is 0 Å². The van der Waals surface area contributed by atoms with Crippen LogP contribution in [0, 0.1) is 5.82 Å². The van der Waals surface area contributed by atoms with Crippen molar-refractivity contribution in [1.82, 2.24) is 4.98 Å². The number of aromatic nitrogens is 1. The Kier molecular flexibility index (Phi) is 3.17. The molecule has 3 nitrogen and oxygen atoms in total. The van der Waals surface area contributed by atoms with Crippen molar-refractivity contribution in [2.75, 3.05) is 7.11 Å². The van der Waals surface area contributed by atoms with Gasteiger partial charge in [-0.05, 0) is 17.7 Å². The normalized spacial score (nSPS) is 12.4. The number of ether oxygens (including phenoxy) is 1. The van der Waals surface area contributed by atoms with Crippen LogP contribution in [0.4, 0.5) is 4.39 Å². The molecule has 5 heteroatoms. The van der Waals surface area contributed by atoms with Gasteiger partial charge in [0.25, 0.3) is 0 Å². The Morgan fingerprint density at radius 3 is 2.88 bits per heavy atom. The van der Waals surface area contributed by atoms with Gasteiger partial charge in [-0.2, -0.15) is 0 Å². The van der Waals surface area contributed by atoms with Crippen LogP contribution >= 0.6 is 11.3 Å². The van der Waals surface area contributed by atoms with Gasteiger partial charge in [0.05, 0.1) is 18.3 Å². The van der Waals surface area contributed by atoms with Crippen molar-refractivity contribution < 1.29 is 14.2 Å². The number of methoxy groups -OCH3 is 1. The Labute approximate surface area is 96.2 Å². The zero-order valence-electron chi connectivity index (χ0n) is 8.55. The molecule has 0 bridgehead atoms. The molecule has 0 saturated carbocycles. The van der Waals surface area contributed by atoms with Crippen molar-refractivity contribution >= 4 is 11.3 Å². The summed E-state index contributed by atoms with van der Waals surface area (Å²) in [4.78, 5) is 3.98. The van der Waals surface area contributed by atoms with Crippen LogP contribution in [-0.4, -0.2) is 17.2 Å². The van der Waals surface area contributed by atoms with E-state index in [0.717, 1.165) is 0 Å². The molecule has 0 saturated heterocycles. The monoisotopic (exact) mass is 239 g/mol. The fourth-order valence-corrected chi connectivity index (χ4v) is 1.95. The van der Waals surface area contributed by atoms with Gasteiger partial charge in [0.15, 0.2) is 11.6 Å². The molecule has 16 heavy (non-hydrogen) atoms. The molecule has 0 aliphatic rings. The molecule has 1 aromatic carbocycles. The van der Waals surface area contributed by atoms with E-state index < -0.39 is 11.9 Å². The van der Waals surface area contributed by atoms with E-state index in [0.29, 0.717) is 11.3 Å². The van der Waals surface area contributed by atoms with E-state index in [1.807, 2.05) is 0 Å². The molecule has 1 heterocycles. The summed E-state index contributed by atoms with van der Waals surface area (Å²) in [5.41, 5.74) is 2.61. The van der Waals surface area contributed by atoms with Crippen molar-refractivity contribution in [2.45, 2.75) is 6.10 Å². The minimum absolute atomic E-state index is 0.161. The van der Waals surface area contributed by atoms with Gasteiger partial charge in [0, 0.05) is 5.38 Å². The minimum atomic E-state index is -0.897. The number of aliphatic hydroxyl groups excluding tert-OH is 1. The largest absolute Gasteiger partial charge is 0.494 e. The molecular formula is C11H10FNO2S. The van der Waals surface area contributed by atoms with Crippen LogP contribution in [0.1, 0.15) is 17.4 Å². The second-order valence-electron chi connectivity index (χ2n) is 3.21. The molecule has 84 valence electrons. The van der Waals surface area contributed by atoms with Crippen LogP contribution in [0.25, 0.3) is 0 Å². The molecule has 2 aromatic rings. The van der Waals surface area contributed by atoms with E-state index >= 15 is 0 Å². The third-order valence-electron chi connectivity index (χ3n) is 2.22. The molecule has 1 N–H and O–H groups in total. The number of hydrogen-bond acceptors (Lipinski definition) is 4. The molecule has 1 unspecified atom stereocenters. The smallest absolute Gasteiger partial charge is 0.165 e.